The summed E-state index contributed by atoms with van der Waals surface area (Å²) in [7, 11) is -4.75. The molecular formula is C12H13FN2O2S. The van der Waals surface area contributed by atoms with Gasteiger partial charge in [0.05, 0.1) is 5.69 Å². The molecule has 1 aliphatic rings. The highest BCUT2D eigenvalue weighted by atomic mass is 32.3. The summed E-state index contributed by atoms with van der Waals surface area (Å²) < 4.78 is 37.5. The Labute approximate surface area is 105 Å². The van der Waals surface area contributed by atoms with E-state index in [4.69, 9.17) is 0 Å². The minimum Gasteiger partial charge on any atom is -0.288 e. The van der Waals surface area contributed by atoms with Gasteiger partial charge in [-0.3, -0.25) is 4.40 Å². The molecule has 0 bridgehead atoms. The van der Waals surface area contributed by atoms with Crippen LogP contribution in [-0.2, 0) is 10.2 Å². The van der Waals surface area contributed by atoms with Gasteiger partial charge in [0.1, 0.15) is 5.65 Å². The Kier molecular flexibility index (Phi) is 2.62. The van der Waals surface area contributed by atoms with E-state index in [0.29, 0.717) is 11.3 Å². The lowest BCUT2D eigenvalue weighted by molar-refractivity contribution is 0.541. The fraction of sp³-hybridized carbons (Fsp3) is 0.417. The third-order valence-electron chi connectivity index (χ3n) is 3.48. The van der Waals surface area contributed by atoms with Gasteiger partial charge in [-0.1, -0.05) is 22.8 Å². The van der Waals surface area contributed by atoms with Gasteiger partial charge in [-0.2, -0.15) is 8.42 Å². The summed E-state index contributed by atoms with van der Waals surface area (Å²) in [6, 6.07) is 5.12. The average molecular weight is 268 g/mol. The Morgan fingerprint density at radius 1 is 1.28 bits per heavy atom. The van der Waals surface area contributed by atoms with E-state index in [1.54, 1.807) is 18.2 Å². The summed E-state index contributed by atoms with van der Waals surface area (Å²) in [4.78, 5) is 4.30. The van der Waals surface area contributed by atoms with Crippen molar-refractivity contribution < 1.29 is 12.3 Å². The molecule has 96 valence electrons. The molecule has 1 fully saturated rings. The lowest BCUT2D eigenvalue weighted by Crippen LogP contribution is -2.04. The van der Waals surface area contributed by atoms with Gasteiger partial charge < -0.3 is 0 Å². The zero-order valence-corrected chi connectivity index (χ0v) is 10.5. The fourth-order valence-corrected chi connectivity index (χ4v) is 3.55. The summed E-state index contributed by atoms with van der Waals surface area (Å²) in [5.74, 6) is 0.0606. The molecule has 2 aromatic heterocycles. The Morgan fingerprint density at radius 3 is 2.67 bits per heavy atom. The molecule has 2 heterocycles. The fourth-order valence-electron chi connectivity index (χ4n) is 2.70. The van der Waals surface area contributed by atoms with E-state index < -0.39 is 10.2 Å². The number of imidazole rings is 1. The van der Waals surface area contributed by atoms with Crippen molar-refractivity contribution in [2.24, 2.45) is 0 Å². The summed E-state index contributed by atoms with van der Waals surface area (Å²) >= 11 is 0. The first kappa shape index (κ1) is 11.6. The van der Waals surface area contributed by atoms with Crippen LogP contribution in [0.1, 0.15) is 37.3 Å². The number of fused-ring (bicyclic) bond motifs is 1. The van der Waals surface area contributed by atoms with Crippen LogP contribution in [0.15, 0.2) is 29.4 Å². The quantitative estimate of drug-likeness (QED) is 0.787. The minimum atomic E-state index is -4.75. The van der Waals surface area contributed by atoms with Gasteiger partial charge >= 0.3 is 10.2 Å². The van der Waals surface area contributed by atoms with Crippen LogP contribution in [0.2, 0.25) is 0 Å². The van der Waals surface area contributed by atoms with Crippen LogP contribution in [0.5, 0.6) is 0 Å². The molecule has 2 aromatic rings. The molecule has 3 rings (SSSR count). The Balaban J connectivity index is 2.30. The zero-order chi connectivity index (χ0) is 12.8. The molecule has 0 spiro atoms. The van der Waals surface area contributed by atoms with Crippen molar-refractivity contribution in [3.8, 4) is 0 Å². The number of aromatic nitrogens is 2. The van der Waals surface area contributed by atoms with E-state index in [-0.39, 0.29) is 10.9 Å². The number of hydrogen-bond acceptors (Lipinski definition) is 3. The lowest BCUT2D eigenvalue weighted by atomic mass is 10.1. The molecule has 1 saturated carbocycles. The molecule has 0 aromatic carbocycles. The smallest absolute Gasteiger partial charge is 0.288 e. The molecule has 6 heteroatoms. The van der Waals surface area contributed by atoms with E-state index in [1.807, 2.05) is 0 Å². The Hall–Kier alpha value is -1.43. The summed E-state index contributed by atoms with van der Waals surface area (Å²) in [6.45, 7) is 0. The number of pyridine rings is 1. The van der Waals surface area contributed by atoms with Crippen LogP contribution in [-0.4, -0.2) is 17.8 Å². The van der Waals surface area contributed by atoms with Crippen LogP contribution < -0.4 is 0 Å². The molecule has 0 aliphatic heterocycles. The van der Waals surface area contributed by atoms with Crippen molar-refractivity contribution in [3.05, 3.63) is 30.1 Å². The lowest BCUT2D eigenvalue weighted by Gasteiger charge is -2.06. The maximum absolute atomic E-state index is 13.5. The van der Waals surface area contributed by atoms with Gasteiger partial charge in [0.25, 0.3) is 0 Å². The molecule has 0 unspecified atom stereocenters. The van der Waals surface area contributed by atoms with Gasteiger partial charge in [-0.05, 0) is 25.0 Å². The average Bonchev–Trinajstić information content (AvgIpc) is 2.94. The second kappa shape index (κ2) is 4.05. The maximum Gasteiger partial charge on any atom is 0.350 e. The molecule has 0 saturated heterocycles. The van der Waals surface area contributed by atoms with Gasteiger partial charge in [-0.25, -0.2) is 4.98 Å². The van der Waals surface area contributed by atoms with E-state index in [0.717, 1.165) is 25.7 Å². The third-order valence-corrected chi connectivity index (χ3v) is 4.35. The van der Waals surface area contributed by atoms with Crippen LogP contribution in [0.25, 0.3) is 5.65 Å². The van der Waals surface area contributed by atoms with Crippen LogP contribution >= 0.6 is 0 Å². The van der Waals surface area contributed by atoms with E-state index >= 15 is 0 Å². The first-order chi connectivity index (χ1) is 8.57. The van der Waals surface area contributed by atoms with E-state index in [1.165, 1.54) is 10.6 Å². The van der Waals surface area contributed by atoms with Gasteiger partial charge in [-0.15, -0.1) is 0 Å². The van der Waals surface area contributed by atoms with E-state index in [2.05, 4.69) is 4.98 Å². The summed E-state index contributed by atoms with van der Waals surface area (Å²) in [5, 5.41) is -0.287. The third kappa shape index (κ3) is 1.80. The predicted molar refractivity (Wildman–Crippen MR) is 64.7 cm³/mol. The maximum atomic E-state index is 13.5. The van der Waals surface area contributed by atoms with Crippen molar-refractivity contribution >= 4 is 15.9 Å². The summed E-state index contributed by atoms with van der Waals surface area (Å²) in [5.41, 5.74) is 0.872. The molecule has 0 atom stereocenters. The molecule has 0 amide bonds. The Morgan fingerprint density at radius 2 is 2.00 bits per heavy atom. The second-order valence-corrected chi connectivity index (χ2v) is 5.91. The van der Waals surface area contributed by atoms with Gasteiger partial charge in [0.15, 0.2) is 5.03 Å². The predicted octanol–water partition coefficient (Wildman–Crippen LogP) is 2.65. The normalized spacial score (nSPS) is 17.6. The number of rotatable bonds is 2. The van der Waals surface area contributed by atoms with Crippen molar-refractivity contribution in [2.75, 3.05) is 0 Å². The standard InChI is InChI=1S/C12H13FN2O2S/c13-18(16,17)12-11(9-5-1-2-6-9)14-10-7-3-4-8-15(10)12/h3-4,7-9H,1-2,5-6H2. The first-order valence-corrected chi connectivity index (χ1v) is 7.37. The molecule has 18 heavy (non-hydrogen) atoms. The SMILES string of the molecule is O=S(=O)(F)c1c(C2CCCC2)nc2ccccn12. The second-order valence-electron chi connectivity index (χ2n) is 4.65. The number of halogens is 1. The van der Waals surface area contributed by atoms with Gasteiger partial charge in [0.2, 0.25) is 0 Å². The first-order valence-electron chi connectivity index (χ1n) is 5.99. The van der Waals surface area contributed by atoms with Gasteiger partial charge in [0, 0.05) is 12.1 Å². The van der Waals surface area contributed by atoms with Crippen LogP contribution in [0.4, 0.5) is 3.89 Å². The molecule has 0 N–H and O–H groups in total. The highest BCUT2D eigenvalue weighted by Gasteiger charge is 2.30. The molecule has 1 aliphatic carbocycles. The van der Waals surface area contributed by atoms with Crippen molar-refractivity contribution in [2.45, 2.75) is 36.6 Å². The monoisotopic (exact) mass is 268 g/mol. The van der Waals surface area contributed by atoms with E-state index in [9.17, 15) is 12.3 Å². The highest BCUT2D eigenvalue weighted by Crippen LogP contribution is 2.37. The molecule has 0 radical (unpaired) electrons. The topological polar surface area (TPSA) is 51.4 Å². The summed E-state index contributed by atoms with van der Waals surface area (Å²) in [6.07, 6.45) is 5.39. The zero-order valence-electron chi connectivity index (χ0n) is 9.71. The number of nitrogens with zero attached hydrogens (tertiary/aromatic N) is 2. The van der Waals surface area contributed by atoms with Crippen molar-refractivity contribution in [1.29, 1.82) is 0 Å². The molecule has 4 nitrogen and oxygen atoms in total. The largest absolute Gasteiger partial charge is 0.350 e. The van der Waals surface area contributed by atoms with Crippen LogP contribution in [0.3, 0.4) is 0 Å². The van der Waals surface area contributed by atoms with Crippen LogP contribution in [0, 0.1) is 0 Å². The molecular weight excluding hydrogens is 255 g/mol. The van der Waals surface area contributed by atoms with Crippen molar-refractivity contribution in [1.82, 2.24) is 9.38 Å². The highest BCUT2D eigenvalue weighted by molar-refractivity contribution is 7.86. The Bertz CT molecular complexity index is 687. The van der Waals surface area contributed by atoms with Crippen molar-refractivity contribution in [3.63, 3.8) is 0 Å². The minimum absolute atomic E-state index is 0.0606. The number of hydrogen-bond donors (Lipinski definition) is 0.